The van der Waals surface area contributed by atoms with E-state index in [1.165, 1.54) is 17.4 Å². The molecule has 4 rings (SSSR count). The number of amides is 1. The standard InChI is InChI=1S/C24H26FNO4S/c1-14(2)22(15-8-9-18-19(12-15)30-11-5-10-29-18)26-24(27)23-16(13-28-3)21-17(25)6-4-7-20(21)31-23/h4,6-9,12,14,22H,5,10-11,13H2,1-3H3,(H,26,27)/t22-/m1/s1. The van der Waals surface area contributed by atoms with Gasteiger partial charge in [-0.25, -0.2) is 4.39 Å². The predicted molar refractivity (Wildman–Crippen MR) is 120 cm³/mol. The van der Waals surface area contributed by atoms with Gasteiger partial charge < -0.3 is 19.5 Å². The molecule has 5 nitrogen and oxygen atoms in total. The van der Waals surface area contributed by atoms with Gasteiger partial charge in [-0.1, -0.05) is 26.0 Å². The lowest BCUT2D eigenvalue weighted by Crippen LogP contribution is -2.31. The minimum absolute atomic E-state index is 0.130. The SMILES string of the molecule is COCc1c(C(=O)N[C@@H](c2ccc3c(c2)OCCCO3)C(C)C)sc2cccc(F)c12. The quantitative estimate of drug-likeness (QED) is 0.548. The van der Waals surface area contributed by atoms with Crippen molar-refractivity contribution in [2.45, 2.75) is 32.9 Å². The summed E-state index contributed by atoms with van der Waals surface area (Å²) in [4.78, 5) is 13.8. The van der Waals surface area contributed by atoms with Gasteiger partial charge in [0.15, 0.2) is 11.5 Å². The molecule has 0 saturated carbocycles. The minimum Gasteiger partial charge on any atom is -0.490 e. The second kappa shape index (κ2) is 9.24. The van der Waals surface area contributed by atoms with Crippen LogP contribution in [0.3, 0.4) is 0 Å². The van der Waals surface area contributed by atoms with E-state index in [1.54, 1.807) is 13.2 Å². The smallest absolute Gasteiger partial charge is 0.262 e. The zero-order chi connectivity index (χ0) is 22.0. The van der Waals surface area contributed by atoms with Crippen molar-refractivity contribution in [2.75, 3.05) is 20.3 Å². The molecular weight excluding hydrogens is 417 g/mol. The molecule has 0 aliphatic carbocycles. The number of hydrogen-bond donors (Lipinski definition) is 1. The second-order valence-electron chi connectivity index (χ2n) is 7.91. The molecule has 0 bridgehead atoms. The second-order valence-corrected chi connectivity index (χ2v) is 8.96. The van der Waals surface area contributed by atoms with Gasteiger partial charge in [0.05, 0.1) is 30.7 Å². The fourth-order valence-corrected chi connectivity index (χ4v) is 4.97. The van der Waals surface area contributed by atoms with Gasteiger partial charge >= 0.3 is 0 Å². The number of ether oxygens (including phenoxy) is 3. The number of rotatable bonds is 6. The Hall–Kier alpha value is -2.64. The maximum atomic E-state index is 14.5. The molecule has 2 heterocycles. The number of benzene rings is 2. The molecule has 1 N–H and O–H groups in total. The molecule has 7 heteroatoms. The summed E-state index contributed by atoms with van der Waals surface area (Å²) in [5, 5.41) is 3.60. The van der Waals surface area contributed by atoms with Gasteiger partial charge in [0.2, 0.25) is 0 Å². The number of methoxy groups -OCH3 is 1. The van der Waals surface area contributed by atoms with Gasteiger partial charge in [0.25, 0.3) is 5.91 Å². The van der Waals surface area contributed by atoms with E-state index in [0.717, 1.165) is 22.4 Å². The van der Waals surface area contributed by atoms with Gasteiger partial charge in [-0.2, -0.15) is 0 Å². The Morgan fingerprint density at radius 3 is 2.71 bits per heavy atom. The van der Waals surface area contributed by atoms with Crippen molar-refractivity contribution in [3.05, 3.63) is 58.2 Å². The first-order valence-electron chi connectivity index (χ1n) is 10.4. The first-order chi connectivity index (χ1) is 15.0. The first-order valence-corrected chi connectivity index (χ1v) is 11.2. The number of carbonyl (C=O) groups is 1. The van der Waals surface area contributed by atoms with Crippen LogP contribution in [0.2, 0.25) is 0 Å². The van der Waals surface area contributed by atoms with Crippen LogP contribution in [0.15, 0.2) is 36.4 Å². The lowest BCUT2D eigenvalue weighted by atomic mass is 9.95. The fourth-order valence-electron chi connectivity index (χ4n) is 3.85. The molecule has 0 saturated heterocycles. The minimum atomic E-state index is -0.344. The number of halogens is 1. The summed E-state index contributed by atoms with van der Waals surface area (Å²) < 4.78 is 32.0. The maximum absolute atomic E-state index is 14.5. The maximum Gasteiger partial charge on any atom is 0.262 e. The summed E-state index contributed by atoms with van der Waals surface area (Å²) >= 11 is 1.28. The van der Waals surface area contributed by atoms with Crippen LogP contribution in [0, 0.1) is 11.7 Å². The summed E-state index contributed by atoms with van der Waals surface area (Å²) in [5.74, 6) is 0.962. The number of nitrogens with one attached hydrogen (secondary N) is 1. The molecule has 1 atom stereocenters. The summed E-state index contributed by atoms with van der Waals surface area (Å²) in [6.07, 6.45) is 0.832. The Morgan fingerprint density at radius 1 is 1.19 bits per heavy atom. The molecule has 1 aliphatic heterocycles. The van der Waals surface area contributed by atoms with E-state index in [-0.39, 0.29) is 30.3 Å². The van der Waals surface area contributed by atoms with Crippen molar-refractivity contribution in [1.82, 2.24) is 5.32 Å². The van der Waals surface area contributed by atoms with Crippen LogP contribution in [0.4, 0.5) is 4.39 Å². The molecule has 31 heavy (non-hydrogen) atoms. The summed E-state index contributed by atoms with van der Waals surface area (Å²) in [6, 6.07) is 10.4. The first kappa shape index (κ1) is 21.6. The van der Waals surface area contributed by atoms with E-state index in [2.05, 4.69) is 19.2 Å². The van der Waals surface area contributed by atoms with E-state index in [4.69, 9.17) is 14.2 Å². The van der Waals surface area contributed by atoms with Crippen molar-refractivity contribution < 1.29 is 23.4 Å². The van der Waals surface area contributed by atoms with E-state index >= 15 is 0 Å². The van der Waals surface area contributed by atoms with Crippen molar-refractivity contribution >= 4 is 27.3 Å². The highest BCUT2D eigenvalue weighted by Gasteiger charge is 2.26. The molecule has 3 aromatic rings. The number of hydrogen-bond acceptors (Lipinski definition) is 5. The zero-order valence-corrected chi connectivity index (χ0v) is 18.7. The Labute approximate surface area is 185 Å². The molecule has 1 aromatic heterocycles. The van der Waals surface area contributed by atoms with Crippen molar-refractivity contribution in [2.24, 2.45) is 5.92 Å². The Balaban J connectivity index is 1.67. The molecule has 0 spiro atoms. The summed E-state index contributed by atoms with van der Waals surface area (Å²) in [5.41, 5.74) is 1.52. The van der Waals surface area contributed by atoms with Gasteiger partial charge in [-0.05, 0) is 35.7 Å². The molecule has 1 amide bonds. The lowest BCUT2D eigenvalue weighted by Gasteiger charge is -2.24. The van der Waals surface area contributed by atoms with E-state index < -0.39 is 0 Å². The van der Waals surface area contributed by atoms with Crippen LogP contribution in [-0.2, 0) is 11.3 Å². The van der Waals surface area contributed by atoms with Gasteiger partial charge in [0, 0.05) is 29.2 Å². The summed E-state index contributed by atoms with van der Waals surface area (Å²) in [6.45, 7) is 5.49. The van der Waals surface area contributed by atoms with Crippen LogP contribution in [0.1, 0.15) is 47.1 Å². The molecule has 1 aliphatic rings. The highest BCUT2D eigenvalue weighted by atomic mass is 32.1. The molecule has 164 valence electrons. The van der Waals surface area contributed by atoms with Crippen molar-refractivity contribution in [1.29, 1.82) is 0 Å². The normalized spacial score (nSPS) is 14.5. The van der Waals surface area contributed by atoms with Gasteiger partial charge in [-0.3, -0.25) is 4.79 Å². The van der Waals surface area contributed by atoms with Crippen LogP contribution < -0.4 is 14.8 Å². The third-order valence-corrected chi connectivity index (χ3v) is 6.54. The molecule has 2 aromatic carbocycles. The number of carbonyl (C=O) groups excluding carboxylic acids is 1. The lowest BCUT2D eigenvalue weighted by molar-refractivity contribution is 0.0925. The molecular formula is C24H26FNO4S. The highest BCUT2D eigenvalue weighted by molar-refractivity contribution is 7.21. The Morgan fingerprint density at radius 2 is 1.97 bits per heavy atom. The zero-order valence-electron chi connectivity index (χ0n) is 17.9. The van der Waals surface area contributed by atoms with Crippen LogP contribution in [-0.4, -0.2) is 26.2 Å². The Bertz CT molecular complexity index is 1090. The molecule has 0 radical (unpaired) electrons. The third kappa shape index (κ3) is 4.38. The third-order valence-electron chi connectivity index (χ3n) is 5.34. The average molecular weight is 444 g/mol. The number of fused-ring (bicyclic) bond motifs is 2. The van der Waals surface area contributed by atoms with Crippen molar-refractivity contribution in [3.63, 3.8) is 0 Å². The highest BCUT2D eigenvalue weighted by Crippen LogP contribution is 2.36. The fraction of sp³-hybridized carbons (Fsp3) is 0.375. The van der Waals surface area contributed by atoms with Crippen LogP contribution in [0.25, 0.3) is 10.1 Å². The Kier molecular flexibility index (Phi) is 6.43. The van der Waals surface area contributed by atoms with E-state index in [0.29, 0.717) is 34.8 Å². The van der Waals surface area contributed by atoms with Gasteiger partial charge in [0.1, 0.15) is 5.82 Å². The van der Waals surface area contributed by atoms with Crippen LogP contribution >= 0.6 is 11.3 Å². The average Bonchev–Trinajstić information content (AvgIpc) is 2.96. The summed E-state index contributed by atoms with van der Waals surface area (Å²) in [7, 11) is 1.54. The molecule has 0 fully saturated rings. The number of thiophene rings is 1. The van der Waals surface area contributed by atoms with Crippen LogP contribution in [0.5, 0.6) is 11.5 Å². The predicted octanol–water partition coefficient (Wildman–Crippen LogP) is 5.48. The topological polar surface area (TPSA) is 56.8 Å². The van der Waals surface area contributed by atoms with Gasteiger partial charge in [-0.15, -0.1) is 11.3 Å². The molecule has 0 unspecified atom stereocenters. The largest absolute Gasteiger partial charge is 0.490 e. The van der Waals surface area contributed by atoms with E-state index in [1.807, 2.05) is 24.3 Å². The van der Waals surface area contributed by atoms with Crippen molar-refractivity contribution in [3.8, 4) is 11.5 Å². The van der Waals surface area contributed by atoms with E-state index in [9.17, 15) is 9.18 Å². The monoisotopic (exact) mass is 443 g/mol.